The second-order valence-corrected chi connectivity index (χ2v) is 18.8. The molecule has 1 heterocycles. The Morgan fingerprint density at radius 3 is 1.61 bits per heavy atom. The van der Waals surface area contributed by atoms with E-state index >= 15 is 0 Å². The van der Waals surface area contributed by atoms with Gasteiger partial charge in [-0.05, 0) is 77.9 Å². The molecule has 1 saturated carbocycles. The number of hydrogen-bond donors (Lipinski definition) is 1. The van der Waals surface area contributed by atoms with Crippen LogP contribution in [0, 0.1) is 0 Å². The number of aliphatic hydroxyl groups is 1. The van der Waals surface area contributed by atoms with Crippen LogP contribution in [0.2, 0.25) is 0 Å². The molecule has 10 nitrogen and oxygen atoms in total. The number of hydrogen-bond acceptors (Lipinski definition) is 10. The predicted molar refractivity (Wildman–Crippen MR) is 252 cm³/mol. The highest BCUT2D eigenvalue weighted by atomic mass is 16.7. The number of rotatable bonds is 32. The van der Waals surface area contributed by atoms with Gasteiger partial charge < -0.3 is 33.9 Å². The molecular weight excluding hydrogens is 767 g/mol. The minimum atomic E-state index is -0.480. The van der Waals surface area contributed by atoms with Gasteiger partial charge in [-0.15, -0.1) is 0 Å². The summed E-state index contributed by atoms with van der Waals surface area (Å²) < 4.78 is 23.2. The van der Waals surface area contributed by atoms with Crippen LogP contribution in [0.1, 0.15) is 219 Å². The molecule has 0 aromatic carbocycles. The van der Waals surface area contributed by atoms with Crippen molar-refractivity contribution in [3.63, 3.8) is 0 Å². The molecule has 10 heteroatoms. The molecule has 0 spiro atoms. The predicted octanol–water partition coefficient (Wildman–Crippen LogP) is 11.9. The lowest BCUT2D eigenvalue weighted by Gasteiger charge is -2.36. The van der Waals surface area contributed by atoms with Gasteiger partial charge in [-0.25, -0.2) is 4.79 Å². The van der Waals surface area contributed by atoms with E-state index in [9.17, 15) is 14.7 Å². The fourth-order valence-corrected chi connectivity index (χ4v) is 8.98. The van der Waals surface area contributed by atoms with Crippen LogP contribution >= 0.6 is 0 Å². The van der Waals surface area contributed by atoms with Crippen molar-refractivity contribution in [2.45, 2.75) is 231 Å². The third-order valence-corrected chi connectivity index (χ3v) is 13.0. The zero-order valence-corrected chi connectivity index (χ0v) is 40.2. The van der Waals surface area contributed by atoms with E-state index in [1.54, 1.807) is 0 Å². The summed E-state index contributed by atoms with van der Waals surface area (Å²) in [6.45, 7) is 11.6. The Hall–Kier alpha value is -1.46. The van der Waals surface area contributed by atoms with Gasteiger partial charge in [0, 0.05) is 45.7 Å². The maximum atomic E-state index is 12.7. The molecule has 0 aromatic heterocycles. The minimum Gasteiger partial charge on any atom is -0.466 e. The normalized spacial score (nSPS) is 18.0. The summed E-state index contributed by atoms with van der Waals surface area (Å²) in [5.41, 5.74) is 0. The molecule has 1 saturated heterocycles. The first-order valence-corrected chi connectivity index (χ1v) is 26.3. The van der Waals surface area contributed by atoms with E-state index in [0.717, 1.165) is 142 Å². The standard InChI is InChI=1S/C51H99N3O7/c1-3-4-5-6-7-13-18-21-28-35-50(56)59-43-31-24-22-29-36-53(46-49(58-45-42-55)47-54-40-38-52(2)39-41-54)37-30-23-25-32-44-60-51(57)61-48-33-26-19-16-14-11-9-8-10-12-15-17-20-27-34-48/h48-49,55H,3-47H2,1-2H3. The van der Waals surface area contributed by atoms with E-state index in [2.05, 4.69) is 28.7 Å². The fourth-order valence-electron chi connectivity index (χ4n) is 8.98. The summed E-state index contributed by atoms with van der Waals surface area (Å²) in [7, 11) is 2.19. The van der Waals surface area contributed by atoms with Crippen LogP contribution in [0.15, 0.2) is 0 Å². The van der Waals surface area contributed by atoms with Crippen molar-refractivity contribution in [2.24, 2.45) is 0 Å². The van der Waals surface area contributed by atoms with E-state index < -0.39 is 6.16 Å². The summed E-state index contributed by atoms with van der Waals surface area (Å²) in [5, 5.41) is 9.59. The Bertz CT molecular complexity index is 966. The highest BCUT2D eigenvalue weighted by Crippen LogP contribution is 2.20. The van der Waals surface area contributed by atoms with E-state index in [1.165, 1.54) is 116 Å². The Morgan fingerprint density at radius 2 is 1.07 bits per heavy atom. The number of piperazine rings is 1. The monoisotopic (exact) mass is 866 g/mol. The second kappa shape index (κ2) is 41.3. The van der Waals surface area contributed by atoms with Gasteiger partial charge in [0.1, 0.15) is 6.10 Å². The van der Waals surface area contributed by atoms with Crippen molar-refractivity contribution in [3.8, 4) is 0 Å². The van der Waals surface area contributed by atoms with E-state index in [1.807, 2.05) is 0 Å². The molecule has 1 unspecified atom stereocenters. The van der Waals surface area contributed by atoms with Gasteiger partial charge in [0.15, 0.2) is 0 Å². The van der Waals surface area contributed by atoms with Gasteiger partial charge in [0.2, 0.25) is 0 Å². The Balaban J connectivity index is 1.69. The van der Waals surface area contributed by atoms with Crippen LogP contribution in [-0.4, -0.2) is 130 Å². The van der Waals surface area contributed by atoms with Crippen LogP contribution in [0.25, 0.3) is 0 Å². The lowest BCUT2D eigenvalue weighted by atomic mass is 10.00. The van der Waals surface area contributed by atoms with E-state index in [0.29, 0.717) is 26.2 Å². The van der Waals surface area contributed by atoms with Crippen molar-refractivity contribution in [2.75, 3.05) is 85.8 Å². The van der Waals surface area contributed by atoms with Crippen molar-refractivity contribution >= 4 is 12.1 Å². The quantitative estimate of drug-likeness (QED) is 0.0519. The van der Waals surface area contributed by atoms with E-state index in [4.69, 9.17) is 18.9 Å². The van der Waals surface area contributed by atoms with Gasteiger partial charge in [0.05, 0.1) is 32.5 Å². The Labute approximate surface area is 376 Å². The van der Waals surface area contributed by atoms with Gasteiger partial charge in [-0.2, -0.15) is 0 Å². The number of unbranched alkanes of at least 4 members (excludes halogenated alkanes) is 14. The summed E-state index contributed by atoms with van der Waals surface area (Å²) in [4.78, 5) is 32.4. The molecule has 61 heavy (non-hydrogen) atoms. The number of ether oxygens (including phenoxy) is 4. The minimum absolute atomic E-state index is 0.00966. The molecule has 2 rings (SSSR count). The van der Waals surface area contributed by atoms with Crippen LogP contribution in [-0.2, 0) is 23.7 Å². The number of esters is 1. The summed E-state index contributed by atoms with van der Waals surface area (Å²) in [6, 6.07) is 0. The molecule has 360 valence electrons. The summed E-state index contributed by atoms with van der Waals surface area (Å²) in [6.07, 6.45) is 38.5. The SMILES string of the molecule is CCCCCCCCCCCC(=O)OCCCCCCN(CCCCCCOC(=O)OC1CCCCCCCCCCCCCCC1)CC(CN1CCN(C)CC1)OCCO. The lowest BCUT2D eigenvalue weighted by Crippen LogP contribution is -2.49. The number of nitrogens with zero attached hydrogens (tertiary/aromatic N) is 3. The molecule has 2 aliphatic rings. The summed E-state index contributed by atoms with van der Waals surface area (Å²) >= 11 is 0. The number of carbonyl (C=O) groups excluding carboxylic acids is 2. The molecule has 0 bridgehead atoms. The average Bonchev–Trinajstić information content (AvgIpc) is 3.25. The zero-order valence-electron chi connectivity index (χ0n) is 40.2. The topological polar surface area (TPSA) is 101 Å². The Morgan fingerprint density at radius 1 is 0.590 bits per heavy atom. The fraction of sp³-hybridized carbons (Fsp3) is 0.961. The maximum absolute atomic E-state index is 12.7. The number of carbonyl (C=O) groups is 2. The largest absolute Gasteiger partial charge is 0.508 e. The third kappa shape index (κ3) is 34.6. The van der Waals surface area contributed by atoms with Crippen molar-refractivity contribution in [3.05, 3.63) is 0 Å². The number of aliphatic hydroxyl groups excluding tert-OH is 1. The second-order valence-electron chi connectivity index (χ2n) is 18.8. The third-order valence-electron chi connectivity index (χ3n) is 13.0. The van der Waals surface area contributed by atoms with Gasteiger partial charge in [-0.1, -0.05) is 155 Å². The average molecular weight is 866 g/mol. The first-order valence-electron chi connectivity index (χ1n) is 26.3. The molecule has 1 atom stereocenters. The van der Waals surface area contributed by atoms with Crippen LogP contribution < -0.4 is 0 Å². The molecule has 0 amide bonds. The van der Waals surface area contributed by atoms with Gasteiger partial charge >= 0.3 is 12.1 Å². The van der Waals surface area contributed by atoms with Crippen LogP contribution in [0.3, 0.4) is 0 Å². The molecule has 0 aromatic rings. The molecule has 1 aliphatic heterocycles. The zero-order chi connectivity index (χ0) is 43.7. The smallest absolute Gasteiger partial charge is 0.466 e. The number of likely N-dealkylation sites (N-methyl/N-ethyl adjacent to an activating group) is 1. The van der Waals surface area contributed by atoms with Crippen molar-refractivity contribution in [1.82, 2.24) is 14.7 Å². The maximum Gasteiger partial charge on any atom is 0.508 e. The molecule has 0 radical (unpaired) electrons. The first-order chi connectivity index (χ1) is 30.0. The van der Waals surface area contributed by atoms with Crippen LogP contribution in [0.4, 0.5) is 4.79 Å². The van der Waals surface area contributed by atoms with E-state index in [-0.39, 0.29) is 24.8 Å². The van der Waals surface area contributed by atoms with Crippen LogP contribution in [0.5, 0.6) is 0 Å². The highest BCUT2D eigenvalue weighted by Gasteiger charge is 2.22. The van der Waals surface area contributed by atoms with Crippen molar-refractivity contribution < 1.29 is 33.6 Å². The molecule has 1 N–H and O–H groups in total. The molecule has 2 fully saturated rings. The highest BCUT2D eigenvalue weighted by molar-refractivity contribution is 5.69. The van der Waals surface area contributed by atoms with Gasteiger partial charge in [0.25, 0.3) is 0 Å². The molecule has 1 aliphatic carbocycles. The Kier molecular flexibility index (Phi) is 37.7. The summed E-state index contributed by atoms with van der Waals surface area (Å²) in [5.74, 6) is -0.0348. The van der Waals surface area contributed by atoms with Gasteiger partial charge in [-0.3, -0.25) is 9.69 Å². The first kappa shape index (κ1) is 55.7. The molecular formula is C51H99N3O7. The van der Waals surface area contributed by atoms with Crippen molar-refractivity contribution in [1.29, 1.82) is 0 Å². The lowest BCUT2D eigenvalue weighted by molar-refractivity contribution is -0.143.